The van der Waals surface area contributed by atoms with Crippen LogP contribution >= 0.6 is 0 Å². The Kier molecular flexibility index (Phi) is 2.86. The fraction of sp³-hybridized carbons (Fsp3) is 0.692. The summed E-state index contributed by atoms with van der Waals surface area (Å²) >= 11 is 0. The van der Waals surface area contributed by atoms with E-state index in [1.54, 1.807) is 6.20 Å². The zero-order valence-electron chi connectivity index (χ0n) is 11.0. The molecule has 98 valence electrons. The van der Waals surface area contributed by atoms with Crippen LogP contribution in [0.2, 0.25) is 0 Å². The number of aromatic nitrogens is 2. The zero-order chi connectivity index (χ0) is 12.7. The molecule has 2 atom stereocenters. The fourth-order valence-electron chi connectivity index (χ4n) is 3.24. The van der Waals surface area contributed by atoms with Crippen molar-refractivity contribution in [2.24, 2.45) is 5.92 Å². The third-order valence-electron chi connectivity index (χ3n) is 4.26. The molecule has 0 aliphatic carbocycles. The molecule has 0 unspecified atom stereocenters. The van der Waals surface area contributed by atoms with Crippen molar-refractivity contribution in [1.29, 1.82) is 0 Å². The summed E-state index contributed by atoms with van der Waals surface area (Å²) in [6.45, 7) is 4.92. The normalized spacial score (nSPS) is 28.4. The minimum Gasteiger partial charge on any atom is -0.338 e. The number of amides is 1. The van der Waals surface area contributed by atoms with E-state index in [1.807, 2.05) is 11.8 Å². The Balaban J connectivity index is 1.78. The minimum absolute atomic E-state index is 0.110. The van der Waals surface area contributed by atoms with Crippen molar-refractivity contribution >= 4 is 5.91 Å². The summed E-state index contributed by atoms with van der Waals surface area (Å²) < 4.78 is 0. The maximum absolute atomic E-state index is 12.5. The number of rotatable bonds is 1. The Morgan fingerprint density at radius 1 is 1.44 bits per heavy atom. The van der Waals surface area contributed by atoms with E-state index in [0.717, 1.165) is 31.9 Å². The van der Waals surface area contributed by atoms with E-state index in [1.165, 1.54) is 6.42 Å². The molecular formula is C13H20N4O. The molecule has 0 spiro atoms. The molecule has 1 aromatic heterocycles. The van der Waals surface area contributed by atoms with Crippen molar-refractivity contribution in [3.63, 3.8) is 0 Å². The highest BCUT2D eigenvalue weighted by Gasteiger charge is 2.40. The van der Waals surface area contributed by atoms with Crippen molar-refractivity contribution in [3.05, 3.63) is 17.7 Å². The van der Waals surface area contributed by atoms with Gasteiger partial charge in [0.2, 0.25) is 0 Å². The summed E-state index contributed by atoms with van der Waals surface area (Å²) in [7, 11) is 2.14. The van der Waals surface area contributed by atoms with Gasteiger partial charge < -0.3 is 14.8 Å². The Morgan fingerprint density at radius 3 is 2.94 bits per heavy atom. The van der Waals surface area contributed by atoms with Gasteiger partial charge in [0.15, 0.2) is 0 Å². The van der Waals surface area contributed by atoms with Gasteiger partial charge in [-0.1, -0.05) is 0 Å². The summed E-state index contributed by atoms with van der Waals surface area (Å²) in [5.74, 6) is 1.60. The number of nitrogens with one attached hydrogen (secondary N) is 1. The number of carbonyl (C=O) groups excluding carboxylic acids is 1. The lowest BCUT2D eigenvalue weighted by atomic mass is 9.92. The second-order valence-electron chi connectivity index (χ2n) is 5.55. The van der Waals surface area contributed by atoms with E-state index in [9.17, 15) is 4.79 Å². The fourth-order valence-corrected chi connectivity index (χ4v) is 3.24. The van der Waals surface area contributed by atoms with E-state index < -0.39 is 0 Å². The number of aromatic amines is 1. The quantitative estimate of drug-likeness (QED) is 0.803. The second-order valence-corrected chi connectivity index (χ2v) is 5.55. The van der Waals surface area contributed by atoms with Gasteiger partial charge in [-0.3, -0.25) is 4.79 Å². The number of aryl methyl sites for hydroxylation is 1. The molecule has 1 aromatic rings. The highest BCUT2D eigenvalue weighted by atomic mass is 16.2. The number of likely N-dealkylation sites (tertiary alicyclic amines) is 2. The summed E-state index contributed by atoms with van der Waals surface area (Å²) in [6, 6.07) is 0.389. The van der Waals surface area contributed by atoms with Crippen LogP contribution in [0, 0.1) is 12.8 Å². The predicted molar refractivity (Wildman–Crippen MR) is 68.4 cm³/mol. The minimum atomic E-state index is 0.110. The van der Waals surface area contributed by atoms with Crippen LogP contribution in [0.25, 0.3) is 0 Å². The number of likely N-dealkylation sites (N-methyl/N-ethyl adjacent to an activating group) is 1. The van der Waals surface area contributed by atoms with Crippen molar-refractivity contribution in [2.75, 3.05) is 26.7 Å². The molecule has 3 rings (SSSR count). The van der Waals surface area contributed by atoms with Gasteiger partial charge in [-0.05, 0) is 39.3 Å². The standard InChI is InChI=1S/C13H20N4O/c1-9-14-7-11(15-9)13(18)17-6-4-10-3-5-16(2)8-12(10)17/h7,10,12H,3-6,8H2,1-2H3,(H,14,15)/t10-,12-/m1/s1. The molecule has 2 aliphatic heterocycles. The summed E-state index contributed by atoms with van der Waals surface area (Å²) in [5, 5.41) is 0. The molecule has 3 heterocycles. The number of piperidine rings is 1. The van der Waals surface area contributed by atoms with Gasteiger partial charge in [0.1, 0.15) is 11.5 Å². The molecule has 0 bridgehead atoms. The molecular weight excluding hydrogens is 228 g/mol. The van der Waals surface area contributed by atoms with Crippen LogP contribution in [-0.2, 0) is 0 Å². The first-order valence-electron chi connectivity index (χ1n) is 6.66. The Labute approximate surface area is 107 Å². The van der Waals surface area contributed by atoms with Gasteiger partial charge in [0, 0.05) is 19.1 Å². The number of hydrogen-bond donors (Lipinski definition) is 1. The summed E-state index contributed by atoms with van der Waals surface area (Å²) in [5.41, 5.74) is 0.626. The smallest absolute Gasteiger partial charge is 0.272 e. The van der Waals surface area contributed by atoms with E-state index in [2.05, 4.69) is 21.9 Å². The van der Waals surface area contributed by atoms with Gasteiger partial charge in [-0.2, -0.15) is 0 Å². The largest absolute Gasteiger partial charge is 0.338 e. The van der Waals surface area contributed by atoms with Crippen LogP contribution < -0.4 is 0 Å². The number of carbonyl (C=O) groups is 1. The second kappa shape index (κ2) is 4.39. The van der Waals surface area contributed by atoms with Gasteiger partial charge in [-0.15, -0.1) is 0 Å². The molecule has 0 radical (unpaired) electrons. The predicted octanol–water partition coefficient (Wildman–Crippen LogP) is 0.884. The number of H-pyrrole nitrogens is 1. The van der Waals surface area contributed by atoms with E-state index in [4.69, 9.17) is 0 Å². The Hall–Kier alpha value is -1.36. The maximum Gasteiger partial charge on any atom is 0.272 e. The summed E-state index contributed by atoms with van der Waals surface area (Å²) in [4.78, 5) is 24.0. The lowest BCUT2D eigenvalue weighted by Gasteiger charge is -2.36. The van der Waals surface area contributed by atoms with Gasteiger partial charge in [-0.25, -0.2) is 4.98 Å². The molecule has 1 N–H and O–H groups in total. The van der Waals surface area contributed by atoms with Crippen LogP contribution in [0.3, 0.4) is 0 Å². The average Bonchev–Trinajstić information content (AvgIpc) is 2.94. The van der Waals surface area contributed by atoms with E-state index in [-0.39, 0.29) is 5.91 Å². The lowest BCUT2D eigenvalue weighted by molar-refractivity contribution is 0.0626. The van der Waals surface area contributed by atoms with Gasteiger partial charge in [0.05, 0.1) is 6.20 Å². The third kappa shape index (κ3) is 1.92. The third-order valence-corrected chi connectivity index (χ3v) is 4.26. The van der Waals surface area contributed by atoms with Crippen molar-refractivity contribution < 1.29 is 4.79 Å². The highest BCUT2D eigenvalue weighted by molar-refractivity contribution is 5.92. The highest BCUT2D eigenvalue weighted by Crippen LogP contribution is 2.31. The lowest BCUT2D eigenvalue weighted by Crippen LogP contribution is -2.48. The molecule has 18 heavy (non-hydrogen) atoms. The SMILES string of the molecule is Cc1ncc(C(=O)N2CC[C@H]3CCN(C)C[C@H]32)[nH]1. The Bertz CT molecular complexity index is 456. The van der Waals surface area contributed by atoms with E-state index >= 15 is 0 Å². The number of hydrogen-bond acceptors (Lipinski definition) is 3. The van der Waals surface area contributed by atoms with Crippen LogP contribution in [-0.4, -0.2) is 58.4 Å². The van der Waals surface area contributed by atoms with E-state index in [0.29, 0.717) is 17.7 Å². The molecule has 5 nitrogen and oxygen atoms in total. The number of imidazole rings is 1. The first-order chi connectivity index (χ1) is 8.65. The first kappa shape index (κ1) is 11.7. The molecule has 0 saturated carbocycles. The molecule has 2 saturated heterocycles. The number of fused-ring (bicyclic) bond motifs is 1. The average molecular weight is 248 g/mol. The molecule has 5 heteroatoms. The van der Waals surface area contributed by atoms with Crippen molar-refractivity contribution in [2.45, 2.75) is 25.8 Å². The topological polar surface area (TPSA) is 52.2 Å². The summed E-state index contributed by atoms with van der Waals surface area (Å²) in [6.07, 6.45) is 4.02. The van der Waals surface area contributed by atoms with Crippen LogP contribution in [0.1, 0.15) is 29.2 Å². The molecule has 0 aromatic carbocycles. The molecule has 2 fully saturated rings. The molecule has 2 aliphatic rings. The number of nitrogens with zero attached hydrogens (tertiary/aromatic N) is 3. The monoisotopic (exact) mass is 248 g/mol. The Morgan fingerprint density at radius 2 is 2.22 bits per heavy atom. The maximum atomic E-state index is 12.5. The zero-order valence-corrected chi connectivity index (χ0v) is 11.0. The van der Waals surface area contributed by atoms with Gasteiger partial charge >= 0.3 is 0 Å². The van der Waals surface area contributed by atoms with Crippen LogP contribution in [0.4, 0.5) is 0 Å². The van der Waals surface area contributed by atoms with Gasteiger partial charge in [0.25, 0.3) is 5.91 Å². The van der Waals surface area contributed by atoms with Crippen LogP contribution in [0.5, 0.6) is 0 Å². The van der Waals surface area contributed by atoms with Crippen molar-refractivity contribution in [1.82, 2.24) is 19.8 Å². The van der Waals surface area contributed by atoms with Crippen molar-refractivity contribution in [3.8, 4) is 0 Å². The molecule has 1 amide bonds. The first-order valence-corrected chi connectivity index (χ1v) is 6.66. The van der Waals surface area contributed by atoms with Crippen LogP contribution in [0.15, 0.2) is 6.20 Å².